The standard InChI is InChI=1S/C18H18N4O2S/c1-25(24)17-8-6-16(7-9-17)18(23)20-10-14-2-4-15(5-3-14)11-22-13-19-12-21-22/h2-9,12-13H,10-11H2,1H3,(H,20,23). The average molecular weight is 354 g/mol. The van der Waals surface area contributed by atoms with Crippen molar-refractivity contribution in [2.24, 2.45) is 0 Å². The summed E-state index contributed by atoms with van der Waals surface area (Å²) in [6.45, 7) is 1.11. The molecular formula is C18H18N4O2S. The number of hydrogen-bond donors (Lipinski definition) is 1. The van der Waals surface area contributed by atoms with Gasteiger partial charge in [0.1, 0.15) is 12.7 Å². The summed E-state index contributed by atoms with van der Waals surface area (Å²) in [7, 11) is -1.04. The molecule has 25 heavy (non-hydrogen) atoms. The Labute approximate surface area is 148 Å². The van der Waals surface area contributed by atoms with E-state index in [0.717, 1.165) is 11.1 Å². The molecule has 7 heteroatoms. The molecule has 1 aromatic heterocycles. The Kier molecular flexibility index (Phi) is 5.35. The number of rotatable bonds is 6. The van der Waals surface area contributed by atoms with Crippen LogP contribution in [-0.4, -0.2) is 31.1 Å². The maximum absolute atomic E-state index is 12.2. The van der Waals surface area contributed by atoms with Crippen LogP contribution in [0.3, 0.4) is 0 Å². The largest absolute Gasteiger partial charge is 0.348 e. The number of carbonyl (C=O) groups excluding carboxylic acids is 1. The Morgan fingerprint density at radius 1 is 1.08 bits per heavy atom. The van der Waals surface area contributed by atoms with Gasteiger partial charge in [0.25, 0.3) is 5.91 Å². The lowest BCUT2D eigenvalue weighted by Crippen LogP contribution is -2.22. The van der Waals surface area contributed by atoms with Crippen molar-refractivity contribution in [2.75, 3.05) is 6.26 Å². The topological polar surface area (TPSA) is 76.9 Å². The van der Waals surface area contributed by atoms with Crippen LogP contribution < -0.4 is 5.32 Å². The highest BCUT2D eigenvalue weighted by atomic mass is 32.2. The van der Waals surface area contributed by atoms with Gasteiger partial charge in [0.05, 0.1) is 6.54 Å². The van der Waals surface area contributed by atoms with E-state index in [1.807, 2.05) is 24.3 Å². The zero-order valence-corrected chi connectivity index (χ0v) is 14.6. The molecule has 6 nitrogen and oxygen atoms in total. The van der Waals surface area contributed by atoms with Gasteiger partial charge in [0, 0.05) is 34.1 Å². The monoisotopic (exact) mass is 354 g/mol. The molecule has 1 unspecified atom stereocenters. The lowest BCUT2D eigenvalue weighted by Gasteiger charge is -2.07. The third-order valence-corrected chi connectivity index (χ3v) is 4.67. The number of nitrogens with one attached hydrogen (secondary N) is 1. The van der Waals surface area contributed by atoms with E-state index >= 15 is 0 Å². The Balaban J connectivity index is 1.55. The molecule has 0 saturated carbocycles. The third kappa shape index (κ3) is 4.60. The number of nitrogens with zero attached hydrogens (tertiary/aromatic N) is 3. The molecule has 1 amide bonds. The van der Waals surface area contributed by atoms with Gasteiger partial charge in [-0.2, -0.15) is 5.10 Å². The van der Waals surface area contributed by atoms with Crippen molar-refractivity contribution in [3.05, 3.63) is 77.9 Å². The molecule has 1 N–H and O–H groups in total. The number of hydrogen-bond acceptors (Lipinski definition) is 4. The molecule has 0 spiro atoms. The minimum atomic E-state index is -1.04. The van der Waals surface area contributed by atoms with Crippen molar-refractivity contribution < 1.29 is 9.00 Å². The fraction of sp³-hybridized carbons (Fsp3) is 0.167. The minimum Gasteiger partial charge on any atom is -0.348 e. The maximum Gasteiger partial charge on any atom is 0.251 e. The minimum absolute atomic E-state index is 0.153. The van der Waals surface area contributed by atoms with Gasteiger partial charge >= 0.3 is 0 Å². The zero-order valence-electron chi connectivity index (χ0n) is 13.8. The Morgan fingerprint density at radius 2 is 1.76 bits per heavy atom. The molecule has 3 aromatic rings. The molecule has 3 rings (SSSR count). The lowest BCUT2D eigenvalue weighted by atomic mass is 10.1. The van der Waals surface area contributed by atoms with Crippen LogP contribution in [0.2, 0.25) is 0 Å². The third-order valence-electron chi connectivity index (χ3n) is 3.74. The Morgan fingerprint density at radius 3 is 2.36 bits per heavy atom. The predicted octanol–water partition coefficient (Wildman–Crippen LogP) is 1.99. The predicted molar refractivity (Wildman–Crippen MR) is 95.5 cm³/mol. The van der Waals surface area contributed by atoms with E-state index in [1.54, 1.807) is 41.5 Å². The quantitative estimate of drug-likeness (QED) is 0.734. The SMILES string of the molecule is CS(=O)c1ccc(C(=O)NCc2ccc(Cn3cncn3)cc2)cc1. The summed E-state index contributed by atoms with van der Waals surface area (Å²) >= 11 is 0. The van der Waals surface area contributed by atoms with Gasteiger partial charge < -0.3 is 5.32 Å². The summed E-state index contributed by atoms with van der Waals surface area (Å²) in [5, 5.41) is 6.96. The van der Waals surface area contributed by atoms with Gasteiger partial charge in [-0.25, -0.2) is 9.67 Å². The van der Waals surface area contributed by atoms with Crippen molar-refractivity contribution in [3.63, 3.8) is 0 Å². The molecule has 0 fully saturated rings. The van der Waals surface area contributed by atoms with Gasteiger partial charge in [0.2, 0.25) is 0 Å². The fourth-order valence-electron chi connectivity index (χ4n) is 2.35. The highest BCUT2D eigenvalue weighted by Gasteiger charge is 2.06. The molecule has 128 valence electrons. The maximum atomic E-state index is 12.2. The Hall–Kier alpha value is -2.80. The van der Waals surface area contributed by atoms with E-state index < -0.39 is 10.8 Å². The van der Waals surface area contributed by atoms with Crippen LogP contribution in [0.5, 0.6) is 0 Å². The molecule has 1 heterocycles. The number of carbonyl (C=O) groups is 1. The first-order chi connectivity index (χ1) is 12.1. The van der Waals surface area contributed by atoms with Gasteiger partial charge in [-0.05, 0) is 35.4 Å². The summed E-state index contributed by atoms with van der Waals surface area (Å²) in [5.74, 6) is -0.153. The van der Waals surface area contributed by atoms with Gasteiger partial charge in [-0.3, -0.25) is 9.00 Å². The number of amides is 1. The summed E-state index contributed by atoms with van der Waals surface area (Å²) in [6, 6.07) is 14.8. The first-order valence-corrected chi connectivity index (χ1v) is 9.29. The van der Waals surface area contributed by atoms with Crippen LogP contribution >= 0.6 is 0 Å². The highest BCUT2D eigenvalue weighted by Crippen LogP contribution is 2.09. The molecular weight excluding hydrogens is 336 g/mol. The summed E-state index contributed by atoms with van der Waals surface area (Å²) in [4.78, 5) is 16.8. The van der Waals surface area contributed by atoms with Crippen molar-refractivity contribution in [1.82, 2.24) is 20.1 Å². The first-order valence-electron chi connectivity index (χ1n) is 7.74. The van der Waals surface area contributed by atoms with Gasteiger partial charge in [-0.1, -0.05) is 24.3 Å². The van der Waals surface area contributed by atoms with Crippen LogP contribution in [0.15, 0.2) is 66.1 Å². The normalized spacial score (nSPS) is 11.9. The molecule has 0 saturated heterocycles. The summed E-state index contributed by atoms with van der Waals surface area (Å²) in [6.07, 6.45) is 4.80. The van der Waals surface area contributed by atoms with Crippen molar-refractivity contribution >= 4 is 16.7 Å². The summed E-state index contributed by atoms with van der Waals surface area (Å²) < 4.78 is 13.1. The number of aromatic nitrogens is 3. The second kappa shape index (κ2) is 7.85. The van der Waals surface area contributed by atoms with E-state index in [-0.39, 0.29) is 5.91 Å². The Bertz CT molecular complexity index is 859. The highest BCUT2D eigenvalue weighted by molar-refractivity contribution is 7.84. The van der Waals surface area contributed by atoms with Crippen LogP contribution in [0.4, 0.5) is 0 Å². The second-order valence-corrected chi connectivity index (χ2v) is 6.95. The van der Waals surface area contributed by atoms with E-state index in [4.69, 9.17) is 0 Å². The molecule has 0 bridgehead atoms. The molecule has 0 radical (unpaired) electrons. The van der Waals surface area contributed by atoms with Gasteiger partial charge in [-0.15, -0.1) is 0 Å². The fourth-order valence-corrected chi connectivity index (χ4v) is 2.87. The second-order valence-electron chi connectivity index (χ2n) is 5.57. The van der Waals surface area contributed by atoms with E-state index in [1.165, 1.54) is 6.33 Å². The van der Waals surface area contributed by atoms with Crippen molar-refractivity contribution in [3.8, 4) is 0 Å². The van der Waals surface area contributed by atoms with Crippen molar-refractivity contribution in [1.29, 1.82) is 0 Å². The van der Waals surface area contributed by atoms with E-state index in [2.05, 4.69) is 15.4 Å². The van der Waals surface area contributed by atoms with Gasteiger partial charge in [0.15, 0.2) is 0 Å². The van der Waals surface area contributed by atoms with E-state index in [9.17, 15) is 9.00 Å². The molecule has 0 aliphatic heterocycles. The number of benzene rings is 2. The van der Waals surface area contributed by atoms with Crippen LogP contribution in [0.25, 0.3) is 0 Å². The molecule has 1 atom stereocenters. The van der Waals surface area contributed by atoms with Crippen LogP contribution in [-0.2, 0) is 23.9 Å². The average Bonchev–Trinajstić information content (AvgIpc) is 3.14. The molecule has 0 aliphatic rings. The first kappa shape index (κ1) is 17.0. The van der Waals surface area contributed by atoms with Crippen molar-refractivity contribution in [2.45, 2.75) is 18.0 Å². The lowest BCUT2D eigenvalue weighted by molar-refractivity contribution is 0.0951. The summed E-state index contributed by atoms with van der Waals surface area (Å²) in [5.41, 5.74) is 2.68. The van der Waals surface area contributed by atoms with Crippen LogP contribution in [0, 0.1) is 0 Å². The van der Waals surface area contributed by atoms with E-state index in [0.29, 0.717) is 23.5 Å². The van der Waals surface area contributed by atoms with Crippen LogP contribution in [0.1, 0.15) is 21.5 Å². The smallest absolute Gasteiger partial charge is 0.251 e. The zero-order chi connectivity index (χ0) is 17.6. The molecule has 0 aliphatic carbocycles. The molecule has 2 aromatic carbocycles.